The van der Waals surface area contributed by atoms with E-state index in [0.29, 0.717) is 6.07 Å². The molecule has 0 fully saturated rings. The summed E-state index contributed by atoms with van der Waals surface area (Å²) in [5.41, 5.74) is 0. The van der Waals surface area contributed by atoms with Crippen molar-refractivity contribution in [1.82, 2.24) is 0 Å². The second-order valence-electron chi connectivity index (χ2n) is 2.43. The molecule has 0 N–H and O–H groups in total. The zero-order valence-corrected chi connectivity index (χ0v) is 8.96. The minimum atomic E-state index is -5.24. The molecule has 0 aliphatic heterocycles. The van der Waals surface area contributed by atoms with Crippen molar-refractivity contribution in [3.8, 4) is 11.5 Å². The molecule has 0 radical (unpaired) electrons. The molecule has 0 saturated carbocycles. The summed E-state index contributed by atoms with van der Waals surface area (Å²) in [6.45, 7) is 0. The molecule has 0 bridgehead atoms. The van der Waals surface area contributed by atoms with Gasteiger partial charge in [0.2, 0.25) is 0 Å². The van der Waals surface area contributed by atoms with Crippen LogP contribution in [-0.4, -0.2) is 16.8 Å². The first-order chi connectivity index (χ1) is 7.16. The van der Waals surface area contributed by atoms with Crippen molar-refractivity contribution in [3.63, 3.8) is 0 Å². The SMILES string of the molecule is O=S(=O)(F)Oc1cccc(OS(=O)(=O)F)c1. The van der Waals surface area contributed by atoms with E-state index in [0.717, 1.165) is 18.2 Å². The van der Waals surface area contributed by atoms with Crippen LogP contribution >= 0.6 is 0 Å². The van der Waals surface area contributed by atoms with Crippen molar-refractivity contribution in [2.75, 3.05) is 0 Å². The highest BCUT2D eigenvalue weighted by Crippen LogP contribution is 2.22. The molecule has 0 unspecified atom stereocenters. The Morgan fingerprint density at radius 3 is 1.56 bits per heavy atom. The summed E-state index contributed by atoms with van der Waals surface area (Å²) in [5, 5.41) is 0. The first-order valence-electron chi connectivity index (χ1n) is 3.54. The molecule has 1 aromatic carbocycles. The summed E-state index contributed by atoms with van der Waals surface area (Å²) in [4.78, 5) is 0. The van der Waals surface area contributed by atoms with E-state index in [1.807, 2.05) is 0 Å². The Hall–Kier alpha value is -1.42. The molecule has 16 heavy (non-hydrogen) atoms. The third-order valence-corrected chi connectivity index (χ3v) is 1.98. The molecule has 0 aromatic heterocycles. The topological polar surface area (TPSA) is 86.7 Å². The molecule has 1 aromatic rings. The highest BCUT2D eigenvalue weighted by molar-refractivity contribution is 7.82. The van der Waals surface area contributed by atoms with Gasteiger partial charge in [0.1, 0.15) is 11.5 Å². The number of halogens is 2. The average Bonchev–Trinajstić information content (AvgIpc) is 1.96. The molecule has 0 aliphatic rings. The van der Waals surface area contributed by atoms with E-state index in [9.17, 15) is 24.6 Å². The maximum atomic E-state index is 12.1. The van der Waals surface area contributed by atoms with E-state index in [1.165, 1.54) is 0 Å². The number of benzene rings is 1. The third kappa shape index (κ3) is 4.89. The first kappa shape index (κ1) is 12.6. The summed E-state index contributed by atoms with van der Waals surface area (Å²) in [5.74, 6) is -1.10. The van der Waals surface area contributed by atoms with Gasteiger partial charge in [-0.3, -0.25) is 0 Å². The van der Waals surface area contributed by atoms with E-state index >= 15 is 0 Å². The third-order valence-electron chi connectivity index (χ3n) is 1.20. The fourth-order valence-electron chi connectivity index (χ4n) is 0.808. The minimum absolute atomic E-state index is 0.552. The summed E-state index contributed by atoms with van der Waals surface area (Å²) < 4.78 is 72.0. The van der Waals surface area contributed by atoms with Crippen molar-refractivity contribution in [2.24, 2.45) is 0 Å². The van der Waals surface area contributed by atoms with Gasteiger partial charge in [0, 0.05) is 6.07 Å². The van der Waals surface area contributed by atoms with E-state index in [2.05, 4.69) is 8.37 Å². The molecule has 6 nitrogen and oxygen atoms in total. The van der Waals surface area contributed by atoms with E-state index in [4.69, 9.17) is 0 Å². The van der Waals surface area contributed by atoms with Crippen LogP contribution in [0.4, 0.5) is 7.77 Å². The second kappa shape index (κ2) is 4.22. The quantitative estimate of drug-likeness (QED) is 0.757. The summed E-state index contributed by atoms with van der Waals surface area (Å²) >= 11 is 0. The number of hydrogen-bond acceptors (Lipinski definition) is 6. The van der Waals surface area contributed by atoms with E-state index in [1.54, 1.807) is 0 Å². The maximum absolute atomic E-state index is 12.1. The van der Waals surface area contributed by atoms with Gasteiger partial charge >= 0.3 is 21.0 Å². The Labute approximate surface area is 90.2 Å². The second-order valence-corrected chi connectivity index (χ2v) is 4.33. The lowest BCUT2D eigenvalue weighted by Gasteiger charge is -2.02. The first-order valence-corrected chi connectivity index (χ1v) is 6.16. The van der Waals surface area contributed by atoms with Crippen LogP contribution in [0.15, 0.2) is 24.3 Å². The van der Waals surface area contributed by atoms with Gasteiger partial charge in [0.15, 0.2) is 0 Å². The van der Waals surface area contributed by atoms with Crippen molar-refractivity contribution < 1.29 is 33.0 Å². The van der Waals surface area contributed by atoms with Gasteiger partial charge in [0.25, 0.3) is 0 Å². The van der Waals surface area contributed by atoms with Crippen LogP contribution in [0.3, 0.4) is 0 Å². The summed E-state index contributed by atoms with van der Waals surface area (Å²) in [6.07, 6.45) is 0. The maximum Gasteiger partial charge on any atom is 0.488 e. The van der Waals surface area contributed by atoms with Crippen molar-refractivity contribution in [3.05, 3.63) is 24.3 Å². The van der Waals surface area contributed by atoms with Gasteiger partial charge in [-0.05, 0) is 12.1 Å². The van der Waals surface area contributed by atoms with Gasteiger partial charge in [-0.2, -0.15) is 16.8 Å². The van der Waals surface area contributed by atoms with Crippen LogP contribution < -0.4 is 8.37 Å². The van der Waals surface area contributed by atoms with Crippen LogP contribution in [-0.2, 0) is 21.0 Å². The number of hydrogen-bond donors (Lipinski definition) is 0. The fraction of sp³-hybridized carbons (Fsp3) is 0. The van der Waals surface area contributed by atoms with Gasteiger partial charge < -0.3 is 8.37 Å². The molecule has 0 atom stereocenters. The highest BCUT2D eigenvalue weighted by atomic mass is 32.3. The fourth-order valence-corrected chi connectivity index (χ4v) is 1.47. The molecule has 0 aliphatic carbocycles. The predicted molar refractivity (Wildman–Crippen MR) is 47.8 cm³/mol. The van der Waals surface area contributed by atoms with Crippen molar-refractivity contribution >= 4 is 21.0 Å². The average molecular weight is 274 g/mol. The van der Waals surface area contributed by atoms with Gasteiger partial charge in [-0.25, -0.2) is 0 Å². The smallest absolute Gasteiger partial charge is 0.358 e. The Bertz CT molecular complexity index is 530. The van der Waals surface area contributed by atoms with Crippen LogP contribution in [0.25, 0.3) is 0 Å². The van der Waals surface area contributed by atoms with Gasteiger partial charge in [-0.1, -0.05) is 13.8 Å². The Balaban J connectivity index is 2.96. The van der Waals surface area contributed by atoms with Crippen LogP contribution in [0.2, 0.25) is 0 Å². The molecule has 10 heteroatoms. The summed E-state index contributed by atoms with van der Waals surface area (Å²) in [7, 11) is -10.5. The molecule has 0 spiro atoms. The molecule has 0 saturated heterocycles. The standard InChI is InChI=1S/C6H4F2O6S2/c7-15(9,10)13-5-2-1-3-6(4-5)14-16(8,11)12/h1-4H. The highest BCUT2D eigenvalue weighted by Gasteiger charge is 2.13. The lowest BCUT2D eigenvalue weighted by atomic mass is 10.3. The lowest BCUT2D eigenvalue weighted by molar-refractivity contribution is 0.433. The largest absolute Gasteiger partial charge is 0.488 e. The summed E-state index contributed by atoms with van der Waals surface area (Å²) in [6, 6.07) is 3.79. The molecular weight excluding hydrogens is 270 g/mol. The van der Waals surface area contributed by atoms with Gasteiger partial charge in [0.05, 0.1) is 0 Å². The predicted octanol–water partition coefficient (Wildman–Crippen LogP) is 0.873. The zero-order valence-electron chi connectivity index (χ0n) is 7.33. The monoisotopic (exact) mass is 274 g/mol. The van der Waals surface area contributed by atoms with Crippen LogP contribution in [0.1, 0.15) is 0 Å². The molecule has 0 amide bonds. The molecule has 1 rings (SSSR count). The minimum Gasteiger partial charge on any atom is -0.358 e. The molecule has 90 valence electrons. The number of rotatable bonds is 4. The van der Waals surface area contributed by atoms with E-state index in [-0.39, 0.29) is 0 Å². The van der Waals surface area contributed by atoms with Crippen LogP contribution in [0.5, 0.6) is 11.5 Å². The van der Waals surface area contributed by atoms with Crippen LogP contribution in [0, 0.1) is 0 Å². The lowest BCUT2D eigenvalue weighted by Crippen LogP contribution is -2.03. The van der Waals surface area contributed by atoms with E-state index < -0.39 is 32.5 Å². The Morgan fingerprint density at radius 2 is 1.25 bits per heavy atom. The van der Waals surface area contributed by atoms with Gasteiger partial charge in [-0.15, -0.1) is 0 Å². The Kier molecular flexibility index (Phi) is 3.33. The zero-order chi connectivity index (χ0) is 12.4. The Morgan fingerprint density at radius 1 is 0.875 bits per heavy atom. The van der Waals surface area contributed by atoms with Crippen molar-refractivity contribution in [1.29, 1.82) is 0 Å². The van der Waals surface area contributed by atoms with Crippen molar-refractivity contribution in [2.45, 2.75) is 0 Å². The molecule has 0 heterocycles. The molecular formula is C6H4F2O6S2. The normalized spacial score (nSPS) is 12.1.